The van der Waals surface area contributed by atoms with Gasteiger partial charge in [0, 0.05) is 0 Å². The zero-order valence-electron chi connectivity index (χ0n) is 6.99. The lowest BCUT2D eigenvalue weighted by atomic mass is 10.3. The second kappa shape index (κ2) is 2.05. The third kappa shape index (κ3) is 0.936. The lowest BCUT2D eigenvalue weighted by Gasteiger charge is -2.00. The quantitative estimate of drug-likeness (QED) is 0.653. The van der Waals surface area contributed by atoms with Crippen LogP contribution in [0.2, 0.25) is 0 Å². The van der Waals surface area contributed by atoms with Crippen LogP contribution in [-0.4, -0.2) is 19.9 Å². The van der Waals surface area contributed by atoms with E-state index in [-0.39, 0.29) is 5.54 Å². The van der Waals surface area contributed by atoms with E-state index in [0.717, 1.165) is 24.2 Å². The van der Waals surface area contributed by atoms with Crippen LogP contribution in [-0.2, 0) is 5.54 Å². The Labute approximate surface area is 74.4 Å². The van der Waals surface area contributed by atoms with Crippen LogP contribution in [0.25, 0.3) is 11.2 Å². The zero-order chi connectivity index (χ0) is 8.89. The molecule has 13 heavy (non-hydrogen) atoms. The van der Waals surface area contributed by atoms with E-state index in [9.17, 15) is 0 Å². The van der Waals surface area contributed by atoms with E-state index in [1.807, 2.05) is 0 Å². The lowest BCUT2D eigenvalue weighted by Crippen LogP contribution is -2.20. The number of imidazole rings is 1. The van der Waals surface area contributed by atoms with Gasteiger partial charge >= 0.3 is 0 Å². The maximum atomic E-state index is 5.99. The Hall–Kier alpha value is -1.49. The summed E-state index contributed by atoms with van der Waals surface area (Å²) in [6.07, 6.45) is 5.20. The first-order valence-electron chi connectivity index (χ1n) is 4.23. The Bertz CT molecular complexity index is 423. The summed E-state index contributed by atoms with van der Waals surface area (Å²) in [5.41, 5.74) is 7.32. The number of hydrogen-bond acceptors (Lipinski definition) is 4. The molecule has 1 fully saturated rings. The zero-order valence-corrected chi connectivity index (χ0v) is 6.99. The summed E-state index contributed by atoms with van der Waals surface area (Å²) in [4.78, 5) is 15.4. The molecule has 5 nitrogen and oxygen atoms in total. The molecule has 0 bridgehead atoms. The summed E-state index contributed by atoms with van der Waals surface area (Å²) < 4.78 is 0. The topological polar surface area (TPSA) is 80.5 Å². The monoisotopic (exact) mass is 175 g/mol. The van der Waals surface area contributed by atoms with Gasteiger partial charge in [0.1, 0.15) is 17.7 Å². The van der Waals surface area contributed by atoms with Crippen LogP contribution in [0, 0.1) is 0 Å². The highest BCUT2D eigenvalue weighted by Gasteiger charge is 2.43. The van der Waals surface area contributed by atoms with E-state index in [4.69, 9.17) is 5.73 Å². The van der Waals surface area contributed by atoms with Crippen LogP contribution < -0.4 is 5.73 Å². The van der Waals surface area contributed by atoms with Crippen molar-refractivity contribution in [1.29, 1.82) is 0 Å². The lowest BCUT2D eigenvalue weighted by molar-refractivity contribution is 0.688. The highest BCUT2D eigenvalue weighted by Crippen LogP contribution is 2.41. The fourth-order valence-electron chi connectivity index (χ4n) is 1.37. The smallest absolute Gasteiger partial charge is 0.180 e. The van der Waals surface area contributed by atoms with Crippen LogP contribution in [0.4, 0.5) is 0 Å². The number of H-pyrrole nitrogens is 1. The van der Waals surface area contributed by atoms with Gasteiger partial charge in [0.05, 0.1) is 11.7 Å². The van der Waals surface area contributed by atoms with Crippen molar-refractivity contribution in [3.8, 4) is 0 Å². The Kier molecular flexibility index (Phi) is 1.10. The maximum Gasteiger partial charge on any atom is 0.180 e. The number of nitrogens with two attached hydrogens (primary N) is 1. The maximum absolute atomic E-state index is 5.99. The Balaban J connectivity index is 2.22. The normalized spacial score (nSPS) is 19.2. The summed E-state index contributed by atoms with van der Waals surface area (Å²) in [5, 5.41) is 0. The van der Waals surface area contributed by atoms with Crippen LogP contribution in [0.5, 0.6) is 0 Å². The van der Waals surface area contributed by atoms with Crippen LogP contribution >= 0.6 is 0 Å². The molecule has 0 aromatic carbocycles. The number of fused-ring (bicyclic) bond motifs is 1. The summed E-state index contributed by atoms with van der Waals surface area (Å²) in [6.45, 7) is 0. The molecule has 3 rings (SSSR count). The minimum absolute atomic E-state index is 0.222. The molecule has 3 N–H and O–H groups in total. The second-order valence-corrected chi connectivity index (χ2v) is 3.50. The minimum atomic E-state index is -0.222. The molecule has 5 heteroatoms. The van der Waals surface area contributed by atoms with E-state index >= 15 is 0 Å². The van der Waals surface area contributed by atoms with Gasteiger partial charge in [-0.3, -0.25) is 0 Å². The molecule has 0 unspecified atom stereocenters. The first-order chi connectivity index (χ1) is 6.28. The molecule has 0 radical (unpaired) electrons. The highest BCUT2D eigenvalue weighted by atomic mass is 15.1. The number of aromatic nitrogens is 4. The van der Waals surface area contributed by atoms with E-state index in [1.54, 1.807) is 6.20 Å². The number of hydrogen-bond donors (Lipinski definition) is 2. The molecule has 2 heterocycles. The second-order valence-electron chi connectivity index (χ2n) is 3.50. The third-order valence-electron chi connectivity index (χ3n) is 2.42. The molecule has 0 amide bonds. The van der Waals surface area contributed by atoms with Crippen molar-refractivity contribution in [3.63, 3.8) is 0 Å². The number of aromatic amines is 1. The molecule has 1 saturated carbocycles. The minimum Gasteiger partial charge on any atom is -0.338 e. The molecule has 2 aromatic heterocycles. The Morgan fingerprint density at radius 3 is 3.00 bits per heavy atom. The van der Waals surface area contributed by atoms with Gasteiger partial charge in [-0.15, -0.1) is 0 Å². The summed E-state index contributed by atoms with van der Waals surface area (Å²) >= 11 is 0. The predicted octanol–water partition coefficient (Wildman–Crippen LogP) is 0.301. The van der Waals surface area contributed by atoms with E-state index in [1.165, 1.54) is 6.33 Å². The summed E-state index contributed by atoms with van der Waals surface area (Å²) in [5.74, 6) is 0.836. The standard InChI is InChI=1S/C8H9N5/c9-8(1-2-8)7-12-5-3-10-4-11-6(5)13-7/h3-4H,1-2,9H2,(H,10,11,12,13). The number of nitrogens with zero attached hydrogens (tertiary/aromatic N) is 3. The summed E-state index contributed by atoms with van der Waals surface area (Å²) in [6, 6.07) is 0. The van der Waals surface area contributed by atoms with Gasteiger partial charge in [-0.05, 0) is 12.8 Å². The molecule has 2 aromatic rings. The molecular formula is C8H9N5. The average molecular weight is 175 g/mol. The van der Waals surface area contributed by atoms with E-state index in [2.05, 4.69) is 19.9 Å². The molecule has 0 atom stereocenters. The average Bonchev–Trinajstić information content (AvgIpc) is 2.76. The van der Waals surface area contributed by atoms with Gasteiger partial charge in [0.15, 0.2) is 5.65 Å². The van der Waals surface area contributed by atoms with Crippen LogP contribution in [0.1, 0.15) is 18.7 Å². The van der Waals surface area contributed by atoms with Crippen LogP contribution in [0.15, 0.2) is 12.5 Å². The van der Waals surface area contributed by atoms with E-state index < -0.39 is 0 Å². The van der Waals surface area contributed by atoms with Crippen molar-refractivity contribution >= 4 is 11.2 Å². The number of rotatable bonds is 1. The molecule has 66 valence electrons. The van der Waals surface area contributed by atoms with Gasteiger partial charge < -0.3 is 10.7 Å². The molecule has 0 aliphatic heterocycles. The fraction of sp³-hybridized carbons (Fsp3) is 0.375. The van der Waals surface area contributed by atoms with Crippen molar-refractivity contribution in [2.75, 3.05) is 0 Å². The van der Waals surface area contributed by atoms with E-state index in [0.29, 0.717) is 5.65 Å². The predicted molar refractivity (Wildman–Crippen MR) is 46.8 cm³/mol. The van der Waals surface area contributed by atoms with Gasteiger partial charge in [0.25, 0.3) is 0 Å². The van der Waals surface area contributed by atoms with Crippen molar-refractivity contribution < 1.29 is 0 Å². The van der Waals surface area contributed by atoms with Crippen molar-refractivity contribution in [2.24, 2.45) is 5.73 Å². The third-order valence-corrected chi connectivity index (χ3v) is 2.42. The summed E-state index contributed by atoms with van der Waals surface area (Å²) in [7, 11) is 0. The Morgan fingerprint density at radius 1 is 1.46 bits per heavy atom. The molecule has 1 aliphatic rings. The highest BCUT2D eigenvalue weighted by molar-refractivity contribution is 5.69. The van der Waals surface area contributed by atoms with Crippen LogP contribution in [0.3, 0.4) is 0 Å². The van der Waals surface area contributed by atoms with Gasteiger partial charge in [0.2, 0.25) is 0 Å². The number of nitrogens with one attached hydrogen (secondary N) is 1. The largest absolute Gasteiger partial charge is 0.338 e. The van der Waals surface area contributed by atoms with Gasteiger partial charge in [-0.2, -0.15) is 0 Å². The van der Waals surface area contributed by atoms with Gasteiger partial charge in [-0.25, -0.2) is 15.0 Å². The van der Waals surface area contributed by atoms with Crippen molar-refractivity contribution in [3.05, 3.63) is 18.3 Å². The molecule has 1 aliphatic carbocycles. The first-order valence-corrected chi connectivity index (χ1v) is 4.23. The van der Waals surface area contributed by atoms with Crippen molar-refractivity contribution in [2.45, 2.75) is 18.4 Å². The molecule has 0 spiro atoms. The SMILES string of the molecule is NC1(c2nc3ncncc3[nH]2)CC1. The molecule has 0 saturated heterocycles. The Morgan fingerprint density at radius 2 is 2.31 bits per heavy atom. The fourth-order valence-corrected chi connectivity index (χ4v) is 1.37. The molecular weight excluding hydrogens is 166 g/mol. The van der Waals surface area contributed by atoms with Gasteiger partial charge in [-0.1, -0.05) is 0 Å². The van der Waals surface area contributed by atoms with Crippen molar-refractivity contribution in [1.82, 2.24) is 19.9 Å². The first kappa shape index (κ1) is 6.97.